The fraction of sp³-hybridized carbons (Fsp3) is 0.111. The number of methoxy groups -OCH3 is 1. The second kappa shape index (κ2) is 4.30. The van der Waals surface area contributed by atoms with Gasteiger partial charge in [0.05, 0.1) is 7.11 Å². The highest BCUT2D eigenvalue weighted by Crippen LogP contribution is 2.14. The maximum atomic E-state index is 11.0. The van der Waals surface area contributed by atoms with Crippen LogP contribution >= 0.6 is 11.3 Å². The van der Waals surface area contributed by atoms with Crippen LogP contribution in [0, 0.1) is 23.2 Å². The Bertz CT molecular complexity index is 417. The normalized spacial score (nSPS) is 8.00. The van der Waals surface area contributed by atoms with E-state index in [0.29, 0.717) is 10.4 Å². The molecule has 0 radical (unpaired) electrons. The van der Waals surface area contributed by atoms with E-state index in [1.165, 1.54) is 18.4 Å². The summed E-state index contributed by atoms with van der Waals surface area (Å²) in [6.45, 7) is 0. The number of nitriles is 1. The largest absolute Gasteiger partial charge is 0.465 e. The maximum absolute atomic E-state index is 11.0. The second-order valence-electron chi connectivity index (χ2n) is 2.05. The van der Waals surface area contributed by atoms with Crippen LogP contribution in [0.15, 0.2) is 11.4 Å². The average Bonchev–Trinajstić information content (AvgIpc) is 2.62. The van der Waals surface area contributed by atoms with E-state index in [9.17, 15) is 4.79 Å². The van der Waals surface area contributed by atoms with E-state index < -0.39 is 0 Å². The zero-order chi connectivity index (χ0) is 9.68. The van der Waals surface area contributed by atoms with Crippen LogP contribution in [-0.2, 0) is 4.74 Å². The average molecular weight is 191 g/mol. The lowest BCUT2D eigenvalue weighted by Gasteiger charge is -1.90. The number of rotatable bonds is 1. The third-order valence-corrected chi connectivity index (χ3v) is 2.16. The van der Waals surface area contributed by atoms with Crippen molar-refractivity contribution < 1.29 is 9.53 Å². The van der Waals surface area contributed by atoms with E-state index in [4.69, 9.17) is 5.26 Å². The molecule has 0 bridgehead atoms. The molecular weight excluding hydrogens is 186 g/mol. The smallest absolute Gasteiger partial charge is 0.348 e. The Hall–Kier alpha value is -1.78. The minimum atomic E-state index is -0.380. The molecule has 1 aromatic rings. The van der Waals surface area contributed by atoms with Crippen molar-refractivity contribution >= 4 is 17.3 Å². The van der Waals surface area contributed by atoms with Gasteiger partial charge in [-0.05, 0) is 12.0 Å². The van der Waals surface area contributed by atoms with E-state index in [2.05, 4.69) is 16.6 Å². The summed E-state index contributed by atoms with van der Waals surface area (Å²) in [6, 6.07) is 3.29. The monoisotopic (exact) mass is 191 g/mol. The first-order valence-corrected chi connectivity index (χ1v) is 4.23. The van der Waals surface area contributed by atoms with Crippen molar-refractivity contribution in [1.29, 1.82) is 5.26 Å². The zero-order valence-electron chi connectivity index (χ0n) is 6.83. The molecule has 4 heteroatoms. The summed E-state index contributed by atoms with van der Waals surface area (Å²) in [5.41, 5.74) is 0.659. The zero-order valence-corrected chi connectivity index (χ0v) is 7.64. The fourth-order valence-corrected chi connectivity index (χ4v) is 1.47. The van der Waals surface area contributed by atoms with Crippen LogP contribution in [0.3, 0.4) is 0 Å². The van der Waals surface area contributed by atoms with Crippen LogP contribution in [0.5, 0.6) is 0 Å². The summed E-state index contributed by atoms with van der Waals surface area (Å²) in [5, 5.41) is 9.88. The third kappa shape index (κ3) is 2.33. The van der Waals surface area contributed by atoms with Crippen molar-refractivity contribution in [3.63, 3.8) is 0 Å². The lowest BCUT2D eigenvalue weighted by molar-refractivity contribution is 0.0606. The Kier molecular flexibility index (Phi) is 3.08. The van der Waals surface area contributed by atoms with Crippen molar-refractivity contribution in [2.24, 2.45) is 0 Å². The highest BCUT2D eigenvalue weighted by Gasteiger charge is 2.07. The molecule has 1 rings (SSSR count). The van der Waals surface area contributed by atoms with Crippen molar-refractivity contribution in [2.75, 3.05) is 7.11 Å². The summed E-state index contributed by atoms with van der Waals surface area (Å²) in [4.78, 5) is 11.5. The third-order valence-electron chi connectivity index (χ3n) is 1.25. The summed E-state index contributed by atoms with van der Waals surface area (Å²) >= 11 is 1.25. The van der Waals surface area contributed by atoms with Gasteiger partial charge in [0.15, 0.2) is 6.07 Å². The van der Waals surface area contributed by atoms with Crippen molar-refractivity contribution in [1.82, 2.24) is 0 Å². The van der Waals surface area contributed by atoms with E-state index in [0.717, 1.165) is 0 Å². The molecule has 64 valence electrons. The van der Waals surface area contributed by atoms with Gasteiger partial charge in [0, 0.05) is 16.9 Å². The Balaban J connectivity index is 2.88. The molecule has 0 amide bonds. The van der Waals surface area contributed by atoms with Gasteiger partial charge in [0.2, 0.25) is 0 Å². The van der Waals surface area contributed by atoms with Crippen LogP contribution < -0.4 is 0 Å². The number of carbonyl (C=O) groups is 1. The van der Waals surface area contributed by atoms with E-state index in [1.807, 2.05) is 0 Å². The van der Waals surface area contributed by atoms with Gasteiger partial charge in [-0.1, -0.05) is 0 Å². The second-order valence-corrected chi connectivity index (χ2v) is 2.96. The van der Waals surface area contributed by atoms with Gasteiger partial charge in [-0.3, -0.25) is 0 Å². The molecule has 0 saturated heterocycles. The molecule has 0 aromatic carbocycles. The van der Waals surface area contributed by atoms with Crippen molar-refractivity contribution in [3.8, 4) is 17.9 Å². The molecule has 0 spiro atoms. The van der Waals surface area contributed by atoms with Crippen LogP contribution in [0.1, 0.15) is 15.2 Å². The quantitative estimate of drug-likeness (QED) is 0.498. The number of carbonyl (C=O) groups excluding carboxylic acids is 1. The predicted octanol–water partition coefficient (Wildman–Crippen LogP) is 1.41. The maximum Gasteiger partial charge on any atom is 0.348 e. The minimum Gasteiger partial charge on any atom is -0.465 e. The van der Waals surface area contributed by atoms with Gasteiger partial charge >= 0.3 is 5.97 Å². The van der Waals surface area contributed by atoms with E-state index >= 15 is 0 Å². The molecule has 1 heterocycles. The topological polar surface area (TPSA) is 50.1 Å². The minimum absolute atomic E-state index is 0.380. The fourth-order valence-electron chi connectivity index (χ4n) is 0.710. The molecule has 3 nitrogen and oxygen atoms in total. The summed E-state index contributed by atoms with van der Waals surface area (Å²) in [5.74, 6) is 4.45. The Morgan fingerprint density at radius 2 is 2.46 bits per heavy atom. The Morgan fingerprint density at radius 1 is 1.69 bits per heavy atom. The number of ether oxygens (including phenoxy) is 1. The standard InChI is InChI=1S/C9H5NO2S/c1-12-9(11)8-5-7(6-13-8)3-2-4-10/h5-6H,1H3. The molecule has 0 aliphatic heterocycles. The molecule has 0 unspecified atom stereocenters. The first-order valence-electron chi connectivity index (χ1n) is 3.35. The Labute approximate surface area is 79.6 Å². The Morgan fingerprint density at radius 3 is 3.08 bits per heavy atom. The SMILES string of the molecule is COC(=O)c1cc(C#CC#N)cs1. The summed E-state index contributed by atoms with van der Waals surface area (Å²) in [7, 11) is 1.32. The molecular formula is C9H5NO2S. The molecule has 0 fully saturated rings. The lowest BCUT2D eigenvalue weighted by atomic mass is 10.3. The highest BCUT2D eigenvalue weighted by molar-refractivity contribution is 7.12. The van der Waals surface area contributed by atoms with Crippen LogP contribution in [0.4, 0.5) is 0 Å². The van der Waals surface area contributed by atoms with E-state index in [1.54, 1.807) is 17.5 Å². The number of thiophene rings is 1. The molecule has 0 aliphatic carbocycles. The summed E-state index contributed by atoms with van der Waals surface area (Å²) < 4.78 is 4.51. The highest BCUT2D eigenvalue weighted by atomic mass is 32.1. The molecule has 0 aliphatic rings. The molecule has 0 N–H and O–H groups in total. The molecule has 0 atom stereocenters. The van der Waals surface area contributed by atoms with Crippen molar-refractivity contribution in [3.05, 3.63) is 21.9 Å². The van der Waals surface area contributed by atoms with Crippen molar-refractivity contribution in [2.45, 2.75) is 0 Å². The molecule has 0 saturated carbocycles. The van der Waals surface area contributed by atoms with Gasteiger partial charge < -0.3 is 4.74 Å². The first kappa shape index (κ1) is 9.31. The van der Waals surface area contributed by atoms with Gasteiger partial charge in [0.25, 0.3) is 0 Å². The summed E-state index contributed by atoms with van der Waals surface area (Å²) in [6.07, 6.45) is 0. The first-order chi connectivity index (χ1) is 6.27. The van der Waals surface area contributed by atoms with Gasteiger partial charge in [-0.15, -0.1) is 11.3 Å². The van der Waals surface area contributed by atoms with Crippen LogP contribution in [0.2, 0.25) is 0 Å². The lowest BCUT2D eigenvalue weighted by Crippen LogP contribution is -1.96. The number of nitrogens with zero attached hydrogens (tertiary/aromatic N) is 1. The van der Waals surface area contributed by atoms with Gasteiger partial charge in [0.1, 0.15) is 4.88 Å². The molecule has 1 aromatic heterocycles. The number of hydrogen-bond acceptors (Lipinski definition) is 4. The van der Waals surface area contributed by atoms with E-state index in [-0.39, 0.29) is 5.97 Å². The van der Waals surface area contributed by atoms with Gasteiger partial charge in [-0.2, -0.15) is 5.26 Å². The predicted molar refractivity (Wildman–Crippen MR) is 48.1 cm³/mol. The van der Waals surface area contributed by atoms with Crippen LogP contribution in [-0.4, -0.2) is 13.1 Å². The van der Waals surface area contributed by atoms with Crippen LogP contribution in [0.25, 0.3) is 0 Å². The molecule has 13 heavy (non-hydrogen) atoms. The van der Waals surface area contributed by atoms with Gasteiger partial charge in [-0.25, -0.2) is 4.79 Å². The number of esters is 1. The number of hydrogen-bond donors (Lipinski definition) is 0.